The molecule has 1 N–H and O–H groups in total. The number of aromatic hydroxyl groups is 1. The Bertz CT molecular complexity index is 965. The van der Waals surface area contributed by atoms with E-state index in [-0.39, 0.29) is 22.3 Å². The summed E-state index contributed by atoms with van der Waals surface area (Å²) in [4.78, 5) is 3.34. The third kappa shape index (κ3) is 4.02. The first kappa shape index (κ1) is 19.0. The smallest absolute Gasteiger partial charge is 0.233 e. The fourth-order valence-electron chi connectivity index (χ4n) is 2.06. The van der Waals surface area contributed by atoms with Gasteiger partial charge < -0.3 is 14.6 Å². The molecule has 0 amide bonds. The highest BCUT2D eigenvalue weighted by Crippen LogP contribution is 2.37. The molecule has 1 aromatic carbocycles. The van der Waals surface area contributed by atoms with Gasteiger partial charge in [-0.2, -0.15) is 5.26 Å². The summed E-state index contributed by atoms with van der Waals surface area (Å²) in [5, 5.41) is 18.9. The van der Waals surface area contributed by atoms with Crippen LogP contribution in [0.2, 0.25) is 0 Å². The number of phenolic OH excluding ortho intramolecular Hbond substituents is 1. The largest absolute Gasteiger partial charge is 0.502 e. The average Bonchev–Trinajstić information content (AvgIpc) is 2.66. The topological polar surface area (TPSA) is 110 Å². The van der Waals surface area contributed by atoms with Crippen molar-refractivity contribution in [2.45, 2.75) is 5.03 Å². The van der Waals surface area contributed by atoms with Gasteiger partial charge in [0.1, 0.15) is 6.07 Å². The van der Waals surface area contributed by atoms with Gasteiger partial charge in [0.15, 0.2) is 21.4 Å². The Balaban J connectivity index is 2.37. The lowest BCUT2D eigenvalue weighted by atomic mass is 10.1. The maximum absolute atomic E-state index is 12.4. The molecule has 0 atom stereocenters. The van der Waals surface area contributed by atoms with Crippen molar-refractivity contribution in [3.8, 4) is 23.3 Å². The molecule has 0 aliphatic heterocycles. The zero-order valence-electron chi connectivity index (χ0n) is 14.1. The fourth-order valence-corrected chi connectivity index (χ4v) is 3.12. The number of aromatic nitrogens is 1. The van der Waals surface area contributed by atoms with E-state index in [9.17, 15) is 18.8 Å². The first-order valence-corrected chi connectivity index (χ1v) is 8.82. The number of phenols is 1. The first-order chi connectivity index (χ1) is 12.4. The molecule has 134 valence electrons. The molecule has 2 rings (SSSR count). The molecule has 0 bridgehead atoms. The molecule has 26 heavy (non-hydrogen) atoms. The van der Waals surface area contributed by atoms with Crippen LogP contribution < -0.4 is 9.47 Å². The fraction of sp³-hybridized carbons (Fsp3) is 0.111. The van der Waals surface area contributed by atoms with Gasteiger partial charge in [0, 0.05) is 6.20 Å². The normalized spacial score (nSPS) is 12.0. The van der Waals surface area contributed by atoms with Gasteiger partial charge in [-0.3, -0.25) is 0 Å². The average molecular weight is 372 g/mol. The quantitative estimate of drug-likeness (QED) is 0.613. The number of allylic oxidation sites excluding steroid dienone is 3. The van der Waals surface area contributed by atoms with Gasteiger partial charge in [-0.05, 0) is 35.9 Å². The lowest BCUT2D eigenvalue weighted by molar-refractivity contribution is 0.340. The molecule has 0 aliphatic carbocycles. The summed E-state index contributed by atoms with van der Waals surface area (Å²) in [6, 6.07) is 9.19. The number of nitrogens with zero attached hydrogens (tertiary/aromatic N) is 2. The van der Waals surface area contributed by atoms with Crippen molar-refractivity contribution >= 4 is 15.9 Å². The van der Waals surface area contributed by atoms with Gasteiger partial charge in [-0.15, -0.1) is 0 Å². The Hall–Kier alpha value is -3.31. The van der Waals surface area contributed by atoms with Crippen LogP contribution in [-0.2, 0) is 9.84 Å². The van der Waals surface area contributed by atoms with Crippen molar-refractivity contribution in [3.63, 3.8) is 0 Å². The van der Waals surface area contributed by atoms with Crippen LogP contribution in [-0.4, -0.2) is 32.7 Å². The highest BCUT2D eigenvalue weighted by Gasteiger charge is 2.21. The van der Waals surface area contributed by atoms with Gasteiger partial charge in [0.2, 0.25) is 15.6 Å². The van der Waals surface area contributed by atoms with E-state index in [1.807, 2.05) is 0 Å². The van der Waals surface area contributed by atoms with Crippen molar-refractivity contribution < 1.29 is 23.0 Å². The minimum atomic E-state index is -3.99. The van der Waals surface area contributed by atoms with E-state index in [4.69, 9.17) is 9.47 Å². The molecule has 8 heteroatoms. The van der Waals surface area contributed by atoms with Crippen LogP contribution in [0.25, 0.3) is 6.08 Å². The minimum Gasteiger partial charge on any atom is -0.502 e. The van der Waals surface area contributed by atoms with E-state index in [2.05, 4.69) is 4.98 Å². The van der Waals surface area contributed by atoms with Gasteiger partial charge in [-0.1, -0.05) is 18.2 Å². The molecule has 0 spiro atoms. The Labute approximate surface area is 151 Å². The monoisotopic (exact) mass is 372 g/mol. The summed E-state index contributed by atoms with van der Waals surface area (Å²) in [7, 11) is -1.19. The van der Waals surface area contributed by atoms with E-state index in [0.717, 1.165) is 0 Å². The van der Waals surface area contributed by atoms with E-state index in [0.29, 0.717) is 5.56 Å². The van der Waals surface area contributed by atoms with Crippen LogP contribution in [0.4, 0.5) is 0 Å². The number of methoxy groups -OCH3 is 2. The van der Waals surface area contributed by atoms with E-state index in [1.54, 1.807) is 30.3 Å². The summed E-state index contributed by atoms with van der Waals surface area (Å²) >= 11 is 0. The molecule has 0 saturated carbocycles. The SMILES string of the molecule is COc1cc(C=CC=C(C#N)S(=O)(=O)c2ccccn2)cc(OC)c1O. The zero-order valence-corrected chi connectivity index (χ0v) is 14.9. The lowest BCUT2D eigenvalue weighted by Crippen LogP contribution is -2.05. The van der Waals surface area contributed by atoms with Crippen LogP contribution in [0, 0.1) is 11.3 Å². The summed E-state index contributed by atoms with van der Waals surface area (Å²) < 4.78 is 34.9. The second kappa shape index (κ2) is 8.18. The first-order valence-electron chi connectivity index (χ1n) is 7.33. The molecular formula is C18H16N2O5S. The number of hydrogen-bond donors (Lipinski definition) is 1. The Morgan fingerprint density at radius 1 is 1.23 bits per heavy atom. The maximum atomic E-state index is 12.4. The lowest BCUT2D eigenvalue weighted by Gasteiger charge is -2.09. The summed E-state index contributed by atoms with van der Waals surface area (Å²) in [6.45, 7) is 0. The second-order valence-corrected chi connectivity index (χ2v) is 6.81. The van der Waals surface area contributed by atoms with Gasteiger partial charge >= 0.3 is 0 Å². The van der Waals surface area contributed by atoms with Crippen LogP contribution in [0.15, 0.2) is 58.6 Å². The van der Waals surface area contributed by atoms with E-state index >= 15 is 0 Å². The predicted octanol–water partition coefficient (Wildman–Crippen LogP) is 2.70. The van der Waals surface area contributed by atoms with E-state index in [1.165, 1.54) is 44.7 Å². The number of nitriles is 1. The van der Waals surface area contributed by atoms with Gasteiger partial charge in [0.05, 0.1) is 14.2 Å². The van der Waals surface area contributed by atoms with Crippen LogP contribution >= 0.6 is 0 Å². The molecular weight excluding hydrogens is 356 g/mol. The Morgan fingerprint density at radius 2 is 1.88 bits per heavy atom. The minimum absolute atomic E-state index is 0.141. The molecule has 0 aliphatic rings. The summed E-state index contributed by atoms with van der Waals surface area (Å²) in [6.07, 6.45) is 5.47. The Morgan fingerprint density at radius 3 is 2.38 bits per heavy atom. The third-order valence-electron chi connectivity index (χ3n) is 3.35. The summed E-state index contributed by atoms with van der Waals surface area (Å²) in [5.41, 5.74) is 0.584. The molecule has 0 saturated heterocycles. The second-order valence-electron chi connectivity index (χ2n) is 4.95. The van der Waals surface area contributed by atoms with Crippen LogP contribution in [0.1, 0.15) is 5.56 Å². The maximum Gasteiger partial charge on any atom is 0.233 e. The van der Waals surface area contributed by atoms with Crippen molar-refractivity contribution in [1.82, 2.24) is 4.98 Å². The van der Waals surface area contributed by atoms with Gasteiger partial charge in [0.25, 0.3) is 0 Å². The number of ether oxygens (including phenoxy) is 2. The summed E-state index contributed by atoms with van der Waals surface area (Å²) in [5.74, 6) is 0.266. The molecule has 2 aromatic rings. The highest BCUT2D eigenvalue weighted by molar-refractivity contribution is 7.95. The molecule has 0 fully saturated rings. The van der Waals surface area contributed by atoms with Crippen LogP contribution in [0.3, 0.4) is 0 Å². The van der Waals surface area contributed by atoms with Gasteiger partial charge in [-0.25, -0.2) is 13.4 Å². The van der Waals surface area contributed by atoms with Crippen LogP contribution in [0.5, 0.6) is 17.2 Å². The number of hydrogen-bond acceptors (Lipinski definition) is 7. The zero-order chi connectivity index (χ0) is 19.2. The Kier molecular flexibility index (Phi) is 5.98. The number of sulfone groups is 1. The molecule has 0 radical (unpaired) electrons. The van der Waals surface area contributed by atoms with Crippen molar-refractivity contribution in [1.29, 1.82) is 5.26 Å². The third-order valence-corrected chi connectivity index (χ3v) is 4.95. The number of rotatable bonds is 6. The van der Waals surface area contributed by atoms with Crippen molar-refractivity contribution in [2.24, 2.45) is 0 Å². The molecule has 0 unspecified atom stereocenters. The van der Waals surface area contributed by atoms with E-state index < -0.39 is 14.7 Å². The molecule has 7 nitrogen and oxygen atoms in total. The predicted molar refractivity (Wildman–Crippen MR) is 95.4 cm³/mol. The van der Waals surface area contributed by atoms with Crippen molar-refractivity contribution in [2.75, 3.05) is 14.2 Å². The number of pyridine rings is 1. The highest BCUT2D eigenvalue weighted by atomic mass is 32.2. The number of benzene rings is 1. The molecule has 1 aromatic heterocycles. The standard InChI is InChI=1S/C18H16N2O5S/c1-24-15-10-13(11-16(25-2)18(15)21)6-5-7-14(12-19)26(22,23)17-8-3-4-9-20-17/h3-11,21H,1-2H3. The molecule has 1 heterocycles. The van der Waals surface area contributed by atoms with Crippen molar-refractivity contribution in [3.05, 3.63) is 59.1 Å².